The molecule has 2 N–H and O–H groups in total. The summed E-state index contributed by atoms with van der Waals surface area (Å²) in [6, 6.07) is 1.72. The minimum Gasteiger partial charge on any atom is -0.475 e. The molecule has 0 aliphatic heterocycles. The van der Waals surface area contributed by atoms with Gasteiger partial charge in [-0.2, -0.15) is 4.98 Å². The maximum absolute atomic E-state index is 8.61. The summed E-state index contributed by atoms with van der Waals surface area (Å²) in [7, 11) is 0. The van der Waals surface area contributed by atoms with Gasteiger partial charge in [-0.05, 0) is 20.3 Å². The van der Waals surface area contributed by atoms with E-state index < -0.39 is 0 Å². The Bertz CT molecular complexity index is 292. The summed E-state index contributed by atoms with van der Waals surface area (Å²) in [4.78, 5) is 8.19. The van der Waals surface area contributed by atoms with Crippen LogP contribution in [0.5, 0.6) is 5.88 Å². The predicted molar refractivity (Wildman–Crippen MR) is 58.0 cm³/mol. The molecule has 0 radical (unpaired) electrons. The van der Waals surface area contributed by atoms with E-state index in [4.69, 9.17) is 9.84 Å². The lowest BCUT2D eigenvalue weighted by Gasteiger charge is -2.09. The third-order valence-corrected chi connectivity index (χ3v) is 1.60. The Morgan fingerprint density at radius 3 is 3.00 bits per heavy atom. The minimum atomic E-state index is 0.102. The molecule has 0 saturated carbocycles. The van der Waals surface area contributed by atoms with Crippen molar-refractivity contribution in [3.8, 4) is 5.88 Å². The van der Waals surface area contributed by atoms with Gasteiger partial charge in [0.25, 0.3) is 0 Å². The van der Waals surface area contributed by atoms with Crippen LogP contribution in [-0.2, 0) is 0 Å². The monoisotopic (exact) mass is 211 g/mol. The molecule has 5 nitrogen and oxygen atoms in total. The van der Waals surface area contributed by atoms with Gasteiger partial charge in [-0.15, -0.1) is 0 Å². The van der Waals surface area contributed by atoms with Crippen molar-refractivity contribution >= 4 is 5.95 Å². The van der Waals surface area contributed by atoms with Crippen LogP contribution in [0.25, 0.3) is 0 Å². The van der Waals surface area contributed by atoms with E-state index in [9.17, 15) is 0 Å². The van der Waals surface area contributed by atoms with Gasteiger partial charge < -0.3 is 15.2 Å². The molecular formula is C10H17N3O2. The molecule has 1 aromatic heterocycles. The summed E-state index contributed by atoms with van der Waals surface area (Å²) in [6.45, 7) is 4.71. The first-order chi connectivity index (χ1) is 7.22. The smallest absolute Gasteiger partial charge is 0.225 e. The van der Waals surface area contributed by atoms with Crippen LogP contribution in [0.2, 0.25) is 0 Å². The molecule has 0 aliphatic rings. The van der Waals surface area contributed by atoms with Gasteiger partial charge >= 0.3 is 0 Å². The number of ether oxygens (including phenoxy) is 1. The Kier molecular flexibility index (Phi) is 4.83. The fraction of sp³-hybridized carbons (Fsp3) is 0.600. The Balaban J connectivity index is 2.50. The van der Waals surface area contributed by atoms with Crippen molar-refractivity contribution < 1.29 is 9.84 Å². The van der Waals surface area contributed by atoms with Crippen molar-refractivity contribution in [3.05, 3.63) is 12.3 Å². The average molecular weight is 211 g/mol. The summed E-state index contributed by atoms with van der Waals surface area (Å²) in [5, 5.41) is 11.6. The van der Waals surface area contributed by atoms with E-state index in [1.54, 1.807) is 12.3 Å². The van der Waals surface area contributed by atoms with Crippen molar-refractivity contribution in [2.24, 2.45) is 0 Å². The zero-order chi connectivity index (χ0) is 11.1. The summed E-state index contributed by atoms with van der Waals surface area (Å²) in [5.74, 6) is 1.09. The largest absolute Gasteiger partial charge is 0.475 e. The topological polar surface area (TPSA) is 67.3 Å². The number of rotatable bonds is 6. The van der Waals surface area contributed by atoms with Crippen LogP contribution in [-0.4, -0.2) is 34.3 Å². The van der Waals surface area contributed by atoms with Crippen molar-refractivity contribution in [1.29, 1.82) is 0 Å². The molecule has 0 saturated heterocycles. The molecule has 0 aliphatic carbocycles. The summed E-state index contributed by atoms with van der Waals surface area (Å²) < 4.78 is 5.42. The van der Waals surface area contributed by atoms with E-state index in [1.807, 2.05) is 13.8 Å². The molecule has 0 fully saturated rings. The minimum absolute atomic E-state index is 0.102. The van der Waals surface area contributed by atoms with Crippen LogP contribution >= 0.6 is 0 Å². The number of hydrogen-bond acceptors (Lipinski definition) is 5. The van der Waals surface area contributed by atoms with Crippen molar-refractivity contribution in [3.63, 3.8) is 0 Å². The van der Waals surface area contributed by atoms with Crippen molar-refractivity contribution in [1.82, 2.24) is 9.97 Å². The number of hydrogen-bond donors (Lipinski definition) is 2. The number of nitrogens with one attached hydrogen (secondary N) is 1. The summed E-state index contributed by atoms with van der Waals surface area (Å²) >= 11 is 0. The fourth-order valence-corrected chi connectivity index (χ4v) is 1.01. The molecule has 0 bridgehead atoms. The lowest BCUT2D eigenvalue weighted by Crippen LogP contribution is -2.10. The standard InChI is InChI=1S/C10H17N3O2/c1-8(2)15-9-4-6-12-10(13-9)11-5-3-7-14/h4,6,8,14H,3,5,7H2,1-2H3,(H,11,12,13). The molecule has 84 valence electrons. The highest BCUT2D eigenvalue weighted by molar-refractivity contribution is 5.27. The molecule has 0 amide bonds. The van der Waals surface area contributed by atoms with Gasteiger partial charge in [0.15, 0.2) is 0 Å². The lowest BCUT2D eigenvalue weighted by atomic mass is 10.4. The maximum Gasteiger partial charge on any atom is 0.225 e. The Labute approximate surface area is 89.5 Å². The highest BCUT2D eigenvalue weighted by atomic mass is 16.5. The third-order valence-electron chi connectivity index (χ3n) is 1.60. The SMILES string of the molecule is CC(C)Oc1ccnc(NCCCO)n1. The maximum atomic E-state index is 8.61. The van der Waals surface area contributed by atoms with Crippen LogP contribution in [0.3, 0.4) is 0 Å². The van der Waals surface area contributed by atoms with Gasteiger partial charge in [0.2, 0.25) is 11.8 Å². The van der Waals surface area contributed by atoms with Gasteiger partial charge in [0.1, 0.15) is 0 Å². The van der Waals surface area contributed by atoms with Crippen LogP contribution in [0.1, 0.15) is 20.3 Å². The average Bonchev–Trinajstić information content (AvgIpc) is 2.18. The first kappa shape index (κ1) is 11.7. The Hall–Kier alpha value is -1.36. The van der Waals surface area contributed by atoms with Crippen LogP contribution in [0.4, 0.5) is 5.95 Å². The highest BCUT2D eigenvalue weighted by Crippen LogP contribution is 2.09. The van der Waals surface area contributed by atoms with Crippen LogP contribution in [0.15, 0.2) is 12.3 Å². The van der Waals surface area contributed by atoms with Gasteiger partial charge in [0.05, 0.1) is 6.10 Å². The van der Waals surface area contributed by atoms with E-state index in [0.717, 1.165) is 0 Å². The molecule has 0 spiro atoms. The molecule has 0 aromatic carbocycles. The molecule has 0 atom stereocenters. The number of anilines is 1. The summed E-state index contributed by atoms with van der Waals surface area (Å²) in [6.07, 6.45) is 2.43. The third kappa shape index (κ3) is 4.60. The molecule has 1 heterocycles. The normalized spacial score (nSPS) is 10.4. The van der Waals surface area contributed by atoms with E-state index in [0.29, 0.717) is 24.8 Å². The predicted octanol–water partition coefficient (Wildman–Crippen LogP) is 1.06. The second-order valence-electron chi connectivity index (χ2n) is 3.39. The number of aliphatic hydroxyl groups excluding tert-OH is 1. The van der Waals surface area contributed by atoms with Gasteiger partial charge in [-0.25, -0.2) is 4.98 Å². The Morgan fingerprint density at radius 1 is 1.53 bits per heavy atom. The summed E-state index contributed by atoms with van der Waals surface area (Å²) in [5.41, 5.74) is 0. The first-order valence-electron chi connectivity index (χ1n) is 5.07. The van der Waals surface area contributed by atoms with E-state index in [2.05, 4.69) is 15.3 Å². The molecule has 1 aromatic rings. The second-order valence-corrected chi connectivity index (χ2v) is 3.39. The number of nitrogens with zero attached hydrogens (tertiary/aromatic N) is 2. The zero-order valence-corrected chi connectivity index (χ0v) is 9.10. The first-order valence-corrected chi connectivity index (χ1v) is 5.07. The van der Waals surface area contributed by atoms with E-state index in [1.165, 1.54) is 0 Å². The molecule has 1 rings (SSSR count). The highest BCUT2D eigenvalue weighted by Gasteiger charge is 2.01. The lowest BCUT2D eigenvalue weighted by molar-refractivity contribution is 0.232. The van der Waals surface area contributed by atoms with Gasteiger partial charge in [-0.1, -0.05) is 0 Å². The van der Waals surface area contributed by atoms with Crippen LogP contribution in [0, 0.1) is 0 Å². The van der Waals surface area contributed by atoms with E-state index >= 15 is 0 Å². The van der Waals surface area contributed by atoms with Gasteiger partial charge in [-0.3, -0.25) is 0 Å². The fourth-order valence-electron chi connectivity index (χ4n) is 1.01. The van der Waals surface area contributed by atoms with Crippen molar-refractivity contribution in [2.45, 2.75) is 26.4 Å². The molecule has 5 heteroatoms. The van der Waals surface area contributed by atoms with Gasteiger partial charge in [0, 0.05) is 25.4 Å². The number of aromatic nitrogens is 2. The second kappa shape index (κ2) is 6.19. The van der Waals surface area contributed by atoms with Crippen LogP contribution < -0.4 is 10.1 Å². The quantitative estimate of drug-likeness (QED) is 0.689. The molecular weight excluding hydrogens is 194 g/mol. The number of aliphatic hydroxyl groups is 1. The Morgan fingerprint density at radius 2 is 2.33 bits per heavy atom. The zero-order valence-electron chi connectivity index (χ0n) is 9.10. The van der Waals surface area contributed by atoms with E-state index in [-0.39, 0.29) is 12.7 Å². The molecule has 15 heavy (non-hydrogen) atoms. The van der Waals surface area contributed by atoms with Crippen molar-refractivity contribution in [2.75, 3.05) is 18.5 Å². The molecule has 0 unspecified atom stereocenters.